The molecule has 8 heteroatoms. The Morgan fingerprint density at radius 3 is 2.40 bits per heavy atom. The van der Waals surface area contributed by atoms with E-state index < -0.39 is 10.5 Å². The molecule has 0 saturated heterocycles. The van der Waals surface area contributed by atoms with E-state index in [0.717, 1.165) is 5.39 Å². The standard InChI is InChI=1S/C17H9N3O5/c21-17-13(9-11-3-1-2-4-14(11)24-17)16-19-18-15(25-16)10-5-7-12(8-6-10)20(22)23/h1-9H. The summed E-state index contributed by atoms with van der Waals surface area (Å²) in [5.41, 5.74) is 0.497. The van der Waals surface area contributed by atoms with Crippen molar-refractivity contribution in [3.63, 3.8) is 0 Å². The van der Waals surface area contributed by atoms with Gasteiger partial charge in [0.15, 0.2) is 0 Å². The van der Waals surface area contributed by atoms with Crippen LogP contribution >= 0.6 is 0 Å². The van der Waals surface area contributed by atoms with Crippen LogP contribution in [0.2, 0.25) is 0 Å². The first kappa shape index (κ1) is 14.8. The Balaban J connectivity index is 1.75. The largest absolute Gasteiger partial charge is 0.422 e. The highest BCUT2D eigenvalue weighted by Crippen LogP contribution is 2.25. The summed E-state index contributed by atoms with van der Waals surface area (Å²) < 4.78 is 10.8. The smallest absolute Gasteiger partial charge is 0.349 e. The Morgan fingerprint density at radius 2 is 1.64 bits per heavy atom. The zero-order chi connectivity index (χ0) is 17.4. The summed E-state index contributed by atoms with van der Waals surface area (Å²) in [7, 11) is 0. The molecule has 4 rings (SSSR count). The molecule has 0 atom stereocenters. The van der Waals surface area contributed by atoms with Crippen molar-refractivity contribution in [3.8, 4) is 22.9 Å². The van der Waals surface area contributed by atoms with Crippen molar-refractivity contribution in [2.75, 3.05) is 0 Å². The average Bonchev–Trinajstić information content (AvgIpc) is 3.11. The molecule has 0 aliphatic heterocycles. The highest BCUT2D eigenvalue weighted by molar-refractivity contribution is 5.80. The second-order valence-electron chi connectivity index (χ2n) is 5.20. The number of aromatic nitrogens is 2. The number of rotatable bonds is 3. The van der Waals surface area contributed by atoms with Crippen molar-refractivity contribution >= 4 is 16.7 Å². The van der Waals surface area contributed by atoms with Crippen LogP contribution < -0.4 is 5.63 Å². The fourth-order valence-electron chi connectivity index (χ4n) is 2.39. The van der Waals surface area contributed by atoms with Crippen LogP contribution in [0.25, 0.3) is 33.9 Å². The van der Waals surface area contributed by atoms with Gasteiger partial charge < -0.3 is 8.83 Å². The number of non-ortho nitro benzene ring substituents is 1. The van der Waals surface area contributed by atoms with E-state index in [0.29, 0.717) is 11.1 Å². The highest BCUT2D eigenvalue weighted by Gasteiger charge is 2.16. The van der Waals surface area contributed by atoms with Crippen molar-refractivity contribution in [2.24, 2.45) is 0 Å². The molecule has 25 heavy (non-hydrogen) atoms. The third-order valence-electron chi connectivity index (χ3n) is 3.62. The van der Waals surface area contributed by atoms with Crippen LogP contribution in [0.1, 0.15) is 0 Å². The summed E-state index contributed by atoms with van der Waals surface area (Å²) in [6.45, 7) is 0. The maximum Gasteiger partial charge on any atom is 0.349 e. The minimum Gasteiger partial charge on any atom is -0.422 e. The van der Waals surface area contributed by atoms with Gasteiger partial charge in [0.1, 0.15) is 11.1 Å². The molecule has 0 saturated carbocycles. The molecule has 0 amide bonds. The molecule has 8 nitrogen and oxygen atoms in total. The van der Waals surface area contributed by atoms with Gasteiger partial charge in [-0.25, -0.2) is 4.79 Å². The van der Waals surface area contributed by atoms with Crippen LogP contribution in [0.5, 0.6) is 0 Å². The van der Waals surface area contributed by atoms with E-state index in [1.807, 2.05) is 6.07 Å². The Morgan fingerprint density at radius 1 is 0.920 bits per heavy atom. The van der Waals surface area contributed by atoms with Crippen LogP contribution in [-0.2, 0) is 0 Å². The molecule has 4 aromatic rings. The number of fused-ring (bicyclic) bond motifs is 1. The molecule has 0 aliphatic rings. The Hall–Kier alpha value is -3.81. The van der Waals surface area contributed by atoms with Gasteiger partial charge in [-0.15, -0.1) is 10.2 Å². The topological polar surface area (TPSA) is 112 Å². The molecule has 122 valence electrons. The van der Waals surface area contributed by atoms with Crippen molar-refractivity contribution in [2.45, 2.75) is 0 Å². The van der Waals surface area contributed by atoms with Gasteiger partial charge >= 0.3 is 5.63 Å². The number of benzene rings is 2. The Labute approximate surface area is 139 Å². The predicted molar refractivity (Wildman–Crippen MR) is 87.9 cm³/mol. The predicted octanol–water partition coefficient (Wildman–Crippen LogP) is 3.42. The van der Waals surface area contributed by atoms with E-state index >= 15 is 0 Å². The Bertz CT molecular complexity index is 1140. The molecule has 0 unspecified atom stereocenters. The van der Waals surface area contributed by atoms with E-state index in [-0.39, 0.29) is 23.0 Å². The zero-order valence-electron chi connectivity index (χ0n) is 12.6. The molecule has 0 N–H and O–H groups in total. The first-order chi connectivity index (χ1) is 12.1. The lowest BCUT2D eigenvalue weighted by Gasteiger charge is -1.98. The van der Waals surface area contributed by atoms with E-state index in [9.17, 15) is 14.9 Å². The molecule has 0 spiro atoms. The molecule has 2 aromatic heterocycles. The lowest BCUT2D eigenvalue weighted by atomic mass is 10.2. The summed E-state index contributed by atoms with van der Waals surface area (Å²) >= 11 is 0. The van der Waals surface area contributed by atoms with Gasteiger partial charge in [0.05, 0.1) is 4.92 Å². The minimum atomic E-state index is -0.586. The zero-order valence-corrected chi connectivity index (χ0v) is 12.6. The van der Waals surface area contributed by atoms with Crippen LogP contribution in [0.4, 0.5) is 5.69 Å². The fourth-order valence-corrected chi connectivity index (χ4v) is 2.39. The molecular weight excluding hydrogens is 326 g/mol. The number of hydrogen-bond acceptors (Lipinski definition) is 7. The maximum absolute atomic E-state index is 12.1. The van der Waals surface area contributed by atoms with Crippen LogP contribution in [0.3, 0.4) is 0 Å². The quantitative estimate of drug-likeness (QED) is 0.320. The van der Waals surface area contributed by atoms with Crippen molar-refractivity contribution in [1.29, 1.82) is 0 Å². The fraction of sp³-hybridized carbons (Fsp3) is 0. The van der Waals surface area contributed by atoms with Gasteiger partial charge in [0.2, 0.25) is 5.89 Å². The summed E-state index contributed by atoms with van der Waals surface area (Å²) in [6.07, 6.45) is 0. The lowest BCUT2D eigenvalue weighted by molar-refractivity contribution is -0.384. The van der Waals surface area contributed by atoms with E-state index in [2.05, 4.69) is 10.2 Å². The van der Waals surface area contributed by atoms with Crippen molar-refractivity contribution in [1.82, 2.24) is 10.2 Å². The molecule has 0 bridgehead atoms. The first-order valence-corrected chi connectivity index (χ1v) is 7.23. The Kier molecular flexibility index (Phi) is 3.35. The molecule has 0 radical (unpaired) electrons. The number of hydrogen-bond donors (Lipinski definition) is 0. The van der Waals surface area contributed by atoms with Gasteiger partial charge in [-0.1, -0.05) is 18.2 Å². The van der Waals surface area contributed by atoms with Gasteiger partial charge in [-0.2, -0.15) is 0 Å². The average molecular weight is 335 g/mol. The van der Waals surface area contributed by atoms with E-state index in [1.54, 1.807) is 24.3 Å². The van der Waals surface area contributed by atoms with Crippen molar-refractivity contribution < 1.29 is 13.8 Å². The number of nitrogens with zero attached hydrogens (tertiary/aromatic N) is 3. The van der Waals surface area contributed by atoms with Gasteiger partial charge in [-0.05, 0) is 24.3 Å². The van der Waals surface area contributed by atoms with Crippen LogP contribution in [0, 0.1) is 10.1 Å². The maximum atomic E-state index is 12.1. The van der Waals surface area contributed by atoms with E-state index in [4.69, 9.17) is 8.83 Å². The molecular formula is C17H9N3O5. The monoisotopic (exact) mass is 335 g/mol. The van der Waals surface area contributed by atoms with E-state index in [1.165, 1.54) is 24.3 Å². The summed E-state index contributed by atoms with van der Waals surface area (Å²) in [5.74, 6) is 0.172. The van der Waals surface area contributed by atoms with Gasteiger partial charge in [-0.3, -0.25) is 10.1 Å². The third-order valence-corrected chi connectivity index (χ3v) is 3.62. The second kappa shape index (κ2) is 5.68. The second-order valence-corrected chi connectivity index (χ2v) is 5.20. The normalized spacial score (nSPS) is 10.9. The van der Waals surface area contributed by atoms with Gasteiger partial charge in [0, 0.05) is 23.1 Å². The number of nitro groups is 1. The minimum absolute atomic E-state index is 0.0212. The van der Waals surface area contributed by atoms with Crippen LogP contribution in [-0.4, -0.2) is 15.1 Å². The van der Waals surface area contributed by atoms with Crippen LogP contribution in [0.15, 0.2) is 68.2 Å². The van der Waals surface area contributed by atoms with Crippen molar-refractivity contribution in [3.05, 3.63) is 75.1 Å². The summed E-state index contributed by atoms with van der Waals surface area (Å²) in [4.78, 5) is 22.3. The number of nitro benzene ring substituents is 1. The van der Waals surface area contributed by atoms with Gasteiger partial charge in [0.25, 0.3) is 11.6 Å². The molecule has 2 aromatic carbocycles. The number of para-hydroxylation sites is 1. The molecule has 0 aliphatic carbocycles. The SMILES string of the molecule is O=c1oc2ccccc2cc1-c1nnc(-c2ccc([N+](=O)[O-])cc2)o1. The molecule has 2 heterocycles. The first-order valence-electron chi connectivity index (χ1n) is 7.23. The molecule has 0 fully saturated rings. The summed E-state index contributed by atoms with van der Waals surface area (Å²) in [5, 5.41) is 19.2. The lowest BCUT2D eigenvalue weighted by Crippen LogP contribution is -2.02. The third kappa shape index (κ3) is 2.65. The summed E-state index contributed by atoms with van der Waals surface area (Å²) in [6, 6.07) is 14.4. The highest BCUT2D eigenvalue weighted by atomic mass is 16.6.